The monoisotopic (exact) mass is 259 g/mol. The molecule has 0 saturated heterocycles. The van der Waals surface area contributed by atoms with E-state index < -0.39 is 0 Å². The van der Waals surface area contributed by atoms with Crippen LogP contribution in [0.4, 0.5) is 10.2 Å². The van der Waals surface area contributed by atoms with Crippen LogP contribution >= 0.6 is 0 Å². The van der Waals surface area contributed by atoms with Gasteiger partial charge >= 0.3 is 0 Å². The fourth-order valence-electron chi connectivity index (χ4n) is 1.91. The Hall–Kier alpha value is -1.97. The highest BCUT2D eigenvalue weighted by molar-refractivity contribution is 5.35. The molecule has 0 bridgehead atoms. The second-order valence-electron chi connectivity index (χ2n) is 4.41. The van der Waals surface area contributed by atoms with Gasteiger partial charge in [0.2, 0.25) is 0 Å². The van der Waals surface area contributed by atoms with Crippen LogP contribution in [0.2, 0.25) is 0 Å². The summed E-state index contributed by atoms with van der Waals surface area (Å²) in [5.41, 5.74) is 1.75. The third-order valence-corrected chi connectivity index (χ3v) is 2.89. The van der Waals surface area contributed by atoms with Crippen molar-refractivity contribution in [2.45, 2.75) is 26.2 Å². The molecule has 0 fully saturated rings. The first kappa shape index (κ1) is 13.5. The van der Waals surface area contributed by atoms with Crippen LogP contribution in [0.15, 0.2) is 36.7 Å². The summed E-state index contributed by atoms with van der Waals surface area (Å²) in [6, 6.07) is 8.79. The number of nitrogens with one attached hydrogen (secondary N) is 1. The zero-order valence-corrected chi connectivity index (χ0v) is 11.1. The van der Waals surface area contributed by atoms with E-state index in [-0.39, 0.29) is 5.82 Å². The van der Waals surface area contributed by atoms with Crippen LogP contribution in [0.3, 0.4) is 0 Å². The molecule has 0 unspecified atom stereocenters. The molecule has 0 amide bonds. The lowest BCUT2D eigenvalue weighted by molar-refractivity contribution is 0.610. The average Bonchev–Trinajstić information content (AvgIpc) is 2.42. The summed E-state index contributed by atoms with van der Waals surface area (Å²) >= 11 is 0. The molecule has 4 heteroatoms. The maximum Gasteiger partial charge on any atom is 0.129 e. The molecule has 0 atom stereocenters. The molecular weight excluding hydrogens is 241 g/mol. The van der Waals surface area contributed by atoms with Crippen LogP contribution in [0, 0.1) is 5.82 Å². The molecule has 0 aliphatic carbocycles. The van der Waals surface area contributed by atoms with E-state index in [1.54, 1.807) is 18.5 Å². The fraction of sp³-hybridized carbons (Fsp3) is 0.333. The Labute approximate surface area is 112 Å². The zero-order valence-electron chi connectivity index (χ0n) is 11.1. The van der Waals surface area contributed by atoms with E-state index in [2.05, 4.69) is 22.2 Å². The van der Waals surface area contributed by atoms with Crippen LogP contribution < -0.4 is 5.32 Å². The minimum absolute atomic E-state index is 0.154. The molecule has 3 nitrogen and oxygen atoms in total. The van der Waals surface area contributed by atoms with Crippen LogP contribution in [0.5, 0.6) is 0 Å². The van der Waals surface area contributed by atoms with Gasteiger partial charge in [0.25, 0.3) is 0 Å². The van der Waals surface area contributed by atoms with Gasteiger partial charge in [0, 0.05) is 18.3 Å². The summed E-state index contributed by atoms with van der Waals surface area (Å²) in [4.78, 5) is 8.36. The van der Waals surface area contributed by atoms with Crippen molar-refractivity contribution < 1.29 is 4.39 Å². The van der Waals surface area contributed by atoms with Gasteiger partial charge in [-0.15, -0.1) is 0 Å². The van der Waals surface area contributed by atoms with Crippen molar-refractivity contribution in [3.05, 3.63) is 53.7 Å². The van der Waals surface area contributed by atoms with E-state index in [1.807, 2.05) is 12.1 Å². The van der Waals surface area contributed by atoms with Crippen molar-refractivity contribution in [2.24, 2.45) is 0 Å². The maximum atomic E-state index is 13.4. The predicted molar refractivity (Wildman–Crippen MR) is 74.6 cm³/mol. The Kier molecular flexibility index (Phi) is 4.84. The molecule has 1 N–H and O–H groups in total. The number of hydrogen-bond donors (Lipinski definition) is 1. The highest BCUT2D eigenvalue weighted by atomic mass is 19.1. The number of benzene rings is 1. The van der Waals surface area contributed by atoms with Gasteiger partial charge in [-0.05, 0) is 24.5 Å². The van der Waals surface area contributed by atoms with E-state index >= 15 is 0 Å². The van der Waals surface area contributed by atoms with Crippen molar-refractivity contribution >= 4 is 5.82 Å². The lowest BCUT2D eigenvalue weighted by Crippen LogP contribution is -2.08. The summed E-state index contributed by atoms with van der Waals surface area (Å²) in [6.07, 6.45) is 4.21. The maximum absolute atomic E-state index is 13.4. The number of hydrogen-bond acceptors (Lipinski definition) is 3. The van der Waals surface area contributed by atoms with E-state index in [9.17, 15) is 4.39 Å². The third-order valence-electron chi connectivity index (χ3n) is 2.89. The van der Waals surface area contributed by atoms with Crippen molar-refractivity contribution in [1.82, 2.24) is 9.97 Å². The normalized spacial score (nSPS) is 10.4. The Morgan fingerprint density at radius 3 is 2.79 bits per heavy atom. The summed E-state index contributed by atoms with van der Waals surface area (Å²) in [5, 5.41) is 3.20. The highest BCUT2D eigenvalue weighted by Crippen LogP contribution is 2.09. The average molecular weight is 259 g/mol. The molecule has 0 aliphatic heterocycles. The molecule has 1 aromatic heterocycles. The number of rotatable bonds is 6. The number of aryl methyl sites for hydroxylation is 1. The smallest absolute Gasteiger partial charge is 0.129 e. The quantitative estimate of drug-likeness (QED) is 0.865. The summed E-state index contributed by atoms with van der Waals surface area (Å²) in [5.74, 6) is 0.647. The minimum atomic E-state index is -0.154. The van der Waals surface area contributed by atoms with Gasteiger partial charge in [-0.2, -0.15) is 0 Å². The fourth-order valence-corrected chi connectivity index (χ4v) is 1.91. The first-order valence-corrected chi connectivity index (χ1v) is 6.58. The molecule has 0 radical (unpaired) electrons. The SMILES string of the molecule is CCCc1cc(NCCc2ccccc2F)ncn1. The second-order valence-corrected chi connectivity index (χ2v) is 4.41. The Morgan fingerprint density at radius 1 is 1.16 bits per heavy atom. The molecule has 1 aromatic carbocycles. The van der Waals surface area contributed by atoms with Crippen molar-refractivity contribution in [1.29, 1.82) is 0 Å². The van der Waals surface area contributed by atoms with E-state index in [4.69, 9.17) is 0 Å². The molecule has 0 aliphatic rings. The van der Waals surface area contributed by atoms with Crippen LogP contribution in [0.25, 0.3) is 0 Å². The van der Waals surface area contributed by atoms with Crippen LogP contribution in [-0.2, 0) is 12.8 Å². The molecule has 0 saturated carbocycles. The molecule has 2 aromatic rings. The number of anilines is 1. The van der Waals surface area contributed by atoms with Gasteiger partial charge in [-0.3, -0.25) is 0 Å². The summed E-state index contributed by atoms with van der Waals surface area (Å²) in [7, 11) is 0. The van der Waals surface area contributed by atoms with E-state index in [0.717, 1.165) is 29.9 Å². The number of halogens is 1. The largest absolute Gasteiger partial charge is 0.370 e. The Bertz CT molecular complexity index is 528. The zero-order chi connectivity index (χ0) is 13.5. The second kappa shape index (κ2) is 6.83. The molecule has 2 rings (SSSR count). The first-order valence-electron chi connectivity index (χ1n) is 6.58. The molecule has 19 heavy (non-hydrogen) atoms. The van der Waals surface area contributed by atoms with Gasteiger partial charge in [0.1, 0.15) is 18.0 Å². The highest BCUT2D eigenvalue weighted by Gasteiger charge is 2.01. The van der Waals surface area contributed by atoms with Crippen molar-refractivity contribution in [2.75, 3.05) is 11.9 Å². The molecule has 1 heterocycles. The summed E-state index contributed by atoms with van der Waals surface area (Å²) in [6.45, 7) is 2.77. The summed E-state index contributed by atoms with van der Waals surface area (Å²) < 4.78 is 13.4. The van der Waals surface area contributed by atoms with E-state index in [1.165, 1.54) is 6.07 Å². The third kappa shape index (κ3) is 4.02. The van der Waals surface area contributed by atoms with Crippen LogP contribution in [-0.4, -0.2) is 16.5 Å². The van der Waals surface area contributed by atoms with Gasteiger partial charge in [0.05, 0.1) is 0 Å². The van der Waals surface area contributed by atoms with Crippen molar-refractivity contribution in [3.63, 3.8) is 0 Å². The van der Waals surface area contributed by atoms with E-state index in [0.29, 0.717) is 13.0 Å². The molecule has 100 valence electrons. The van der Waals surface area contributed by atoms with Gasteiger partial charge in [-0.25, -0.2) is 14.4 Å². The number of aromatic nitrogens is 2. The Morgan fingerprint density at radius 2 is 2.00 bits per heavy atom. The van der Waals surface area contributed by atoms with Gasteiger partial charge < -0.3 is 5.32 Å². The lowest BCUT2D eigenvalue weighted by atomic mass is 10.1. The minimum Gasteiger partial charge on any atom is -0.370 e. The van der Waals surface area contributed by atoms with Crippen molar-refractivity contribution in [3.8, 4) is 0 Å². The number of nitrogens with zero attached hydrogens (tertiary/aromatic N) is 2. The first-order chi connectivity index (χ1) is 9.29. The van der Waals surface area contributed by atoms with Gasteiger partial charge in [0.15, 0.2) is 0 Å². The topological polar surface area (TPSA) is 37.8 Å². The van der Waals surface area contributed by atoms with Crippen LogP contribution in [0.1, 0.15) is 24.6 Å². The Balaban J connectivity index is 1.89. The van der Waals surface area contributed by atoms with Gasteiger partial charge in [-0.1, -0.05) is 31.5 Å². The lowest BCUT2D eigenvalue weighted by Gasteiger charge is -2.07. The standard InChI is InChI=1S/C15H18FN3/c1-2-5-13-10-15(19-11-18-13)17-9-8-12-6-3-4-7-14(12)16/h3-4,6-7,10-11H,2,5,8-9H2,1H3,(H,17,18,19). The predicted octanol–water partition coefficient (Wildman–Crippen LogP) is 3.22. The molecular formula is C15H18FN3. The molecule has 0 spiro atoms.